The second-order valence-electron chi connectivity index (χ2n) is 5.09. The smallest absolute Gasteiger partial charge is 0.0203 e. The lowest BCUT2D eigenvalue weighted by atomic mass is 9.83. The van der Waals surface area contributed by atoms with Gasteiger partial charge < -0.3 is 0 Å². The Morgan fingerprint density at radius 3 is 2.40 bits per heavy atom. The second-order valence-corrected chi connectivity index (χ2v) is 5.09. The van der Waals surface area contributed by atoms with E-state index in [2.05, 4.69) is 25.7 Å². The third-order valence-electron chi connectivity index (χ3n) is 3.48. The zero-order valence-corrected chi connectivity index (χ0v) is 10.5. The normalized spacial score (nSPS) is 25.7. The Hall–Kier alpha value is -0.440. The molecule has 86 valence electrons. The summed E-state index contributed by atoms with van der Waals surface area (Å²) in [4.78, 5) is 0. The molecule has 0 atom stereocenters. The Morgan fingerprint density at radius 1 is 1.00 bits per heavy atom. The zero-order chi connectivity index (χ0) is 10.9. The molecule has 0 saturated heterocycles. The highest BCUT2D eigenvalue weighted by Gasteiger charge is 2.15. The van der Waals surface area contributed by atoms with Gasteiger partial charge in [-0.25, -0.2) is 0 Å². The summed E-state index contributed by atoms with van der Waals surface area (Å²) >= 11 is 0. The highest BCUT2D eigenvalue weighted by Crippen LogP contribution is 2.27. The van der Waals surface area contributed by atoms with E-state index in [0.717, 1.165) is 18.3 Å². The summed E-state index contributed by atoms with van der Waals surface area (Å²) in [6.45, 7) is 4.63. The lowest BCUT2D eigenvalue weighted by Crippen LogP contribution is -2.10. The molecule has 1 saturated carbocycles. The topological polar surface area (TPSA) is 0 Å². The predicted octanol–water partition coefficient (Wildman–Crippen LogP) is 4.79. The van der Waals surface area contributed by atoms with Crippen LogP contribution in [-0.4, -0.2) is 0 Å². The summed E-state index contributed by atoms with van der Waals surface area (Å²) < 4.78 is 0. The van der Waals surface area contributed by atoms with Gasteiger partial charge >= 0.3 is 0 Å². The van der Waals surface area contributed by atoms with Gasteiger partial charge in [-0.1, -0.05) is 39.0 Å². The van der Waals surface area contributed by atoms with Gasteiger partial charge in [0.05, 0.1) is 0 Å². The van der Waals surface area contributed by atoms with E-state index in [1.54, 1.807) is 0 Å². The maximum Gasteiger partial charge on any atom is 0.0203 e. The van der Waals surface area contributed by atoms with Crippen molar-refractivity contribution in [3.63, 3.8) is 0 Å². The van der Waals surface area contributed by atoms with Crippen molar-refractivity contribution >= 4 is 0 Å². The first-order valence-corrected chi connectivity index (χ1v) is 6.81. The largest absolute Gasteiger partial charge is 0.103 e. The summed E-state index contributed by atoms with van der Waals surface area (Å²) in [6, 6.07) is 0. The first-order valence-electron chi connectivity index (χ1n) is 6.81. The van der Waals surface area contributed by atoms with Crippen LogP contribution >= 0.6 is 0 Å². The van der Waals surface area contributed by atoms with Gasteiger partial charge in [0.15, 0.2) is 0 Å². The molecule has 0 unspecified atom stereocenters. The van der Waals surface area contributed by atoms with Gasteiger partial charge in [-0.2, -0.15) is 0 Å². The van der Waals surface area contributed by atoms with Crippen molar-refractivity contribution < 1.29 is 0 Å². The molecule has 1 aliphatic carbocycles. The average Bonchev–Trinajstić information content (AvgIpc) is 2.26. The molecule has 1 aliphatic rings. The molecule has 0 amide bonds. The Balaban J connectivity index is 2.05. The van der Waals surface area contributed by atoms with Crippen LogP contribution in [0.1, 0.15) is 71.6 Å². The van der Waals surface area contributed by atoms with Crippen molar-refractivity contribution in [2.24, 2.45) is 11.8 Å². The molecule has 0 heteroatoms. The van der Waals surface area contributed by atoms with Crippen LogP contribution < -0.4 is 0 Å². The third kappa shape index (κ3) is 5.88. The summed E-state index contributed by atoms with van der Waals surface area (Å²) in [5, 5.41) is 0. The number of hydrogen-bond donors (Lipinski definition) is 0. The van der Waals surface area contributed by atoms with E-state index in [9.17, 15) is 0 Å². The summed E-state index contributed by atoms with van der Waals surface area (Å²) in [6.07, 6.45) is 12.0. The van der Waals surface area contributed by atoms with Crippen LogP contribution in [0, 0.1) is 23.7 Å². The van der Waals surface area contributed by atoms with Gasteiger partial charge in [0, 0.05) is 12.3 Å². The summed E-state index contributed by atoms with van der Waals surface area (Å²) in [5.41, 5.74) is 0. The third-order valence-corrected chi connectivity index (χ3v) is 3.48. The van der Waals surface area contributed by atoms with E-state index in [1.807, 2.05) is 0 Å². The fourth-order valence-electron chi connectivity index (χ4n) is 2.26. The average molecular weight is 206 g/mol. The van der Waals surface area contributed by atoms with E-state index in [0.29, 0.717) is 0 Å². The standard InChI is InChI=1S/C15H26/c1-3-4-5-6-7-8-9-15-12-10-14(2)11-13-15/h14-15H,3-7,10-13H2,1-2H3. The lowest BCUT2D eigenvalue weighted by molar-refractivity contribution is 0.337. The van der Waals surface area contributed by atoms with Gasteiger partial charge in [-0.15, -0.1) is 5.92 Å². The van der Waals surface area contributed by atoms with Crippen molar-refractivity contribution in [2.45, 2.75) is 71.6 Å². The minimum atomic E-state index is 0.729. The van der Waals surface area contributed by atoms with Crippen molar-refractivity contribution in [2.75, 3.05) is 0 Å². The van der Waals surface area contributed by atoms with Gasteiger partial charge in [-0.3, -0.25) is 0 Å². The molecule has 1 fully saturated rings. The van der Waals surface area contributed by atoms with E-state index < -0.39 is 0 Å². The molecule has 0 N–H and O–H groups in total. The Morgan fingerprint density at radius 2 is 1.73 bits per heavy atom. The number of rotatable bonds is 4. The zero-order valence-electron chi connectivity index (χ0n) is 10.5. The Bertz CT molecular complexity index is 198. The molecule has 0 aromatic rings. The monoisotopic (exact) mass is 206 g/mol. The first kappa shape index (κ1) is 12.6. The van der Waals surface area contributed by atoms with Gasteiger partial charge in [-0.05, 0) is 38.0 Å². The number of unbranched alkanes of at least 4 members (excludes halogenated alkanes) is 4. The van der Waals surface area contributed by atoms with Crippen LogP contribution in [0.4, 0.5) is 0 Å². The highest BCUT2D eigenvalue weighted by molar-refractivity contribution is 5.04. The van der Waals surface area contributed by atoms with Crippen molar-refractivity contribution in [3.8, 4) is 11.8 Å². The molecule has 1 rings (SSSR count). The molecule has 0 radical (unpaired) electrons. The maximum atomic E-state index is 3.47. The molecular formula is C15H26. The fourth-order valence-corrected chi connectivity index (χ4v) is 2.26. The summed E-state index contributed by atoms with van der Waals surface area (Å²) in [7, 11) is 0. The molecular weight excluding hydrogens is 180 g/mol. The minimum Gasteiger partial charge on any atom is -0.103 e. The SMILES string of the molecule is CCCCCCC#CC1CCC(C)CC1. The van der Waals surface area contributed by atoms with E-state index in [4.69, 9.17) is 0 Å². The van der Waals surface area contributed by atoms with Crippen molar-refractivity contribution in [3.05, 3.63) is 0 Å². The molecule has 0 aromatic heterocycles. The van der Waals surface area contributed by atoms with E-state index >= 15 is 0 Å². The van der Waals surface area contributed by atoms with E-state index in [1.165, 1.54) is 51.4 Å². The lowest BCUT2D eigenvalue weighted by Gasteiger charge is -2.21. The van der Waals surface area contributed by atoms with Gasteiger partial charge in [0.2, 0.25) is 0 Å². The van der Waals surface area contributed by atoms with Crippen LogP contribution in [0.15, 0.2) is 0 Å². The Kier molecular flexibility index (Phi) is 6.57. The second kappa shape index (κ2) is 7.80. The van der Waals surface area contributed by atoms with Crippen molar-refractivity contribution in [1.82, 2.24) is 0 Å². The van der Waals surface area contributed by atoms with E-state index in [-0.39, 0.29) is 0 Å². The molecule has 0 nitrogen and oxygen atoms in total. The molecule has 0 spiro atoms. The van der Waals surface area contributed by atoms with Crippen LogP contribution in [0.2, 0.25) is 0 Å². The fraction of sp³-hybridized carbons (Fsp3) is 0.867. The van der Waals surface area contributed by atoms with Crippen LogP contribution in [-0.2, 0) is 0 Å². The van der Waals surface area contributed by atoms with Crippen LogP contribution in [0.5, 0.6) is 0 Å². The predicted molar refractivity (Wildman–Crippen MR) is 67.7 cm³/mol. The molecule has 0 aromatic carbocycles. The van der Waals surface area contributed by atoms with Gasteiger partial charge in [0.1, 0.15) is 0 Å². The molecule has 0 heterocycles. The van der Waals surface area contributed by atoms with Gasteiger partial charge in [0.25, 0.3) is 0 Å². The summed E-state index contributed by atoms with van der Waals surface area (Å²) in [5.74, 6) is 8.53. The first-order chi connectivity index (χ1) is 7.33. The quantitative estimate of drug-likeness (QED) is 0.458. The minimum absolute atomic E-state index is 0.729. The highest BCUT2D eigenvalue weighted by atomic mass is 14.2. The molecule has 0 aliphatic heterocycles. The maximum absolute atomic E-state index is 3.47. The van der Waals surface area contributed by atoms with Crippen molar-refractivity contribution in [1.29, 1.82) is 0 Å². The number of hydrogen-bond acceptors (Lipinski definition) is 0. The van der Waals surface area contributed by atoms with Crippen LogP contribution in [0.25, 0.3) is 0 Å². The van der Waals surface area contributed by atoms with Crippen LogP contribution in [0.3, 0.4) is 0 Å². The Labute approximate surface area is 95.8 Å². The molecule has 0 bridgehead atoms. The molecule has 15 heavy (non-hydrogen) atoms.